The van der Waals surface area contributed by atoms with E-state index < -0.39 is 6.10 Å². The van der Waals surface area contributed by atoms with Crippen molar-refractivity contribution in [3.8, 4) is 0 Å². The second-order valence-electron chi connectivity index (χ2n) is 9.03. The highest BCUT2D eigenvalue weighted by atomic mass is 16.5. The summed E-state index contributed by atoms with van der Waals surface area (Å²) in [4.78, 5) is 14.2. The normalized spacial score (nSPS) is 30.6. The monoisotopic (exact) mass is 405 g/mol. The molecule has 0 unspecified atom stereocenters. The van der Waals surface area contributed by atoms with E-state index in [1.54, 1.807) is 0 Å². The fourth-order valence-electron chi connectivity index (χ4n) is 5.18. The molecule has 0 aromatic carbocycles. The Bertz CT molecular complexity index is 581. The van der Waals surface area contributed by atoms with Crippen molar-refractivity contribution in [2.45, 2.75) is 76.9 Å². The Balaban J connectivity index is 1.41. The quantitative estimate of drug-likeness (QED) is 0.431. The fourth-order valence-corrected chi connectivity index (χ4v) is 5.18. The molecular weight excluding hydrogens is 366 g/mol. The molecule has 164 valence electrons. The third-order valence-electron chi connectivity index (χ3n) is 6.86. The first-order valence-electron chi connectivity index (χ1n) is 11.7. The highest BCUT2D eigenvalue weighted by molar-refractivity contribution is 5.76. The molecular formula is C24H39NO4. The van der Waals surface area contributed by atoms with Crippen LogP contribution in [0.4, 0.5) is 0 Å². The van der Waals surface area contributed by atoms with Gasteiger partial charge in [0.25, 0.3) is 0 Å². The summed E-state index contributed by atoms with van der Waals surface area (Å²) in [5.74, 6) is 1.29. The highest BCUT2D eigenvalue weighted by Crippen LogP contribution is 2.48. The van der Waals surface area contributed by atoms with E-state index in [0.29, 0.717) is 31.5 Å². The number of morpholine rings is 1. The maximum atomic E-state index is 12.3. The van der Waals surface area contributed by atoms with Gasteiger partial charge in [0.15, 0.2) is 0 Å². The van der Waals surface area contributed by atoms with E-state index in [-0.39, 0.29) is 17.9 Å². The standard InChI is InChI=1S/C24H39NO4/c1-2-3-4-7-20(26)9-10-21-22-16-18(15-19(22)17-23(21)27)6-5-8-24(28)25-11-13-29-14-12-25/h9-10,15,19-23,26-27H,2-8,11-14,16-17H2,1H3/b10-9+/t19-,20-,21+,22-,23+/m0/s1. The Labute approximate surface area is 175 Å². The molecule has 2 N–H and O–H groups in total. The van der Waals surface area contributed by atoms with Crippen LogP contribution in [0.5, 0.6) is 0 Å². The van der Waals surface area contributed by atoms with E-state index in [1.165, 1.54) is 5.57 Å². The van der Waals surface area contributed by atoms with Crippen LogP contribution in [0, 0.1) is 17.8 Å². The Morgan fingerprint density at radius 3 is 2.86 bits per heavy atom. The molecule has 5 nitrogen and oxygen atoms in total. The number of nitrogens with zero attached hydrogens (tertiary/aromatic N) is 1. The van der Waals surface area contributed by atoms with E-state index in [2.05, 4.69) is 19.1 Å². The van der Waals surface area contributed by atoms with Crippen LogP contribution in [0.25, 0.3) is 0 Å². The van der Waals surface area contributed by atoms with Gasteiger partial charge in [-0.15, -0.1) is 0 Å². The molecule has 0 aromatic heterocycles. The van der Waals surface area contributed by atoms with Gasteiger partial charge in [0, 0.05) is 25.4 Å². The van der Waals surface area contributed by atoms with Crippen molar-refractivity contribution >= 4 is 5.91 Å². The van der Waals surface area contributed by atoms with Crippen molar-refractivity contribution in [1.82, 2.24) is 4.90 Å². The van der Waals surface area contributed by atoms with Gasteiger partial charge in [0.05, 0.1) is 25.4 Å². The number of hydrogen-bond donors (Lipinski definition) is 2. The second kappa shape index (κ2) is 11.3. The minimum absolute atomic E-state index is 0.143. The van der Waals surface area contributed by atoms with Crippen molar-refractivity contribution in [2.24, 2.45) is 17.8 Å². The van der Waals surface area contributed by atoms with Crippen molar-refractivity contribution in [3.63, 3.8) is 0 Å². The molecule has 2 aliphatic carbocycles. The number of hydrogen-bond acceptors (Lipinski definition) is 4. The van der Waals surface area contributed by atoms with Gasteiger partial charge in [-0.3, -0.25) is 4.79 Å². The van der Waals surface area contributed by atoms with E-state index in [9.17, 15) is 15.0 Å². The number of aliphatic hydroxyl groups excluding tert-OH is 2. The summed E-state index contributed by atoms with van der Waals surface area (Å²) in [5, 5.41) is 20.6. The van der Waals surface area contributed by atoms with E-state index in [4.69, 9.17) is 4.74 Å². The molecule has 3 rings (SSSR count). The molecule has 3 aliphatic rings. The van der Waals surface area contributed by atoms with Crippen molar-refractivity contribution in [1.29, 1.82) is 0 Å². The predicted octanol–water partition coefficient (Wildman–Crippen LogP) is 3.46. The molecule has 1 heterocycles. The van der Waals surface area contributed by atoms with Gasteiger partial charge in [-0.1, -0.05) is 50.0 Å². The van der Waals surface area contributed by atoms with Gasteiger partial charge in [0.2, 0.25) is 5.91 Å². The van der Waals surface area contributed by atoms with Crippen molar-refractivity contribution < 1.29 is 19.7 Å². The number of ether oxygens (including phenoxy) is 1. The Hall–Kier alpha value is -1.17. The third kappa shape index (κ3) is 6.40. The average Bonchev–Trinajstić information content (AvgIpc) is 3.23. The summed E-state index contributed by atoms with van der Waals surface area (Å²) in [6.07, 6.45) is 14.2. The summed E-state index contributed by atoms with van der Waals surface area (Å²) < 4.78 is 5.31. The molecule has 1 aliphatic heterocycles. The first-order valence-corrected chi connectivity index (χ1v) is 11.7. The summed E-state index contributed by atoms with van der Waals surface area (Å²) >= 11 is 0. The zero-order valence-electron chi connectivity index (χ0n) is 18.0. The predicted molar refractivity (Wildman–Crippen MR) is 114 cm³/mol. The van der Waals surface area contributed by atoms with E-state index in [0.717, 1.165) is 64.5 Å². The lowest BCUT2D eigenvalue weighted by molar-refractivity contribution is -0.135. The van der Waals surface area contributed by atoms with Crippen molar-refractivity contribution in [3.05, 3.63) is 23.8 Å². The topological polar surface area (TPSA) is 70.0 Å². The smallest absolute Gasteiger partial charge is 0.222 e. The molecule has 0 aromatic rings. The van der Waals surface area contributed by atoms with Gasteiger partial charge < -0.3 is 19.8 Å². The molecule has 0 bridgehead atoms. The summed E-state index contributed by atoms with van der Waals surface area (Å²) in [5.41, 5.74) is 1.45. The number of carbonyl (C=O) groups is 1. The first-order chi connectivity index (χ1) is 14.1. The lowest BCUT2D eigenvalue weighted by atomic mass is 9.88. The molecule has 0 radical (unpaired) electrons. The summed E-state index contributed by atoms with van der Waals surface area (Å²) in [6.45, 7) is 4.93. The average molecular weight is 406 g/mol. The first kappa shape index (κ1) is 22.5. The largest absolute Gasteiger partial charge is 0.392 e. The zero-order valence-corrected chi connectivity index (χ0v) is 18.0. The van der Waals surface area contributed by atoms with Gasteiger partial charge in [0.1, 0.15) is 0 Å². The number of rotatable bonds is 10. The minimum atomic E-state index is -0.396. The van der Waals surface area contributed by atoms with Crippen LogP contribution in [0.2, 0.25) is 0 Å². The van der Waals surface area contributed by atoms with E-state index >= 15 is 0 Å². The van der Waals surface area contributed by atoms with E-state index in [1.807, 2.05) is 11.0 Å². The molecule has 0 spiro atoms. The molecule has 29 heavy (non-hydrogen) atoms. The van der Waals surface area contributed by atoms with Gasteiger partial charge in [-0.2, -0.15) is 0 Å². The van der Waals surface area contributed by atoms with Crippen LogP contribution >= 0.6 is 0 Å². The number of fused-ring (bicyclic) bond motifs is 1. The zero-order chi connectivity index (χ0) is 20.6. The maximum absolute atomic E-state index is 12.3. The molecule has 5 atom stereocenters. The minimum Gasteiger partial charge on any atom is -0.392 e. The molecule has 2 fully saturated rings. The van der Waals surface area contributed by atoms with Gasteiger partial charge in [-0.25, -0.2) is 0 Å². The highest BCUT2D eigenvalue weighted by Gasteiger charge is 2.43. The second-order valence-corrected chi connectivity index (χ2v) is 9.03. The number of unbranched alkanes of at least 4 members (excludes halogenated alkanes) is 2. The van der Waals surface area contributed by atoms with Crippen LogP contribution in [0.3, 0.4) is 0 Å². The Morgan fingerprint density at radius 2 is 2.10 bits per heavy atom. The lowest BCUT2D eigenvalue weighted by Gasteiger charge is -2.26. The summed E-state index contributed by atoms with van der Waals surface area (Å²) in [7, 11) is 0. The molecule has 1 amide bonds. The third-order valence-corrected chi connectivity index (χ3v) is 6.86. The van der Waals surface area contributed by atoms with Crippen LogP contribution < -0.4 is 0 Å². The fraction of sp³-hybridized carbons (Fsp3) is 0.792. The van der Waals surface area contributed by atoms with Crippen molar-refractivity contribution in [2.75, 3.05) is 26.3 Å². The molecule has 5 heteroatoms. The maximum Gasteiger partial charge on any atom is 0.222 e. The van der Waals surface area contributed by atoms with Crippen LogP contribution in [-0.4, -0.2) is 59.5 Å². The SMILES string of the molecule is CCCCC[C@H](O)/C=C/[C@@H]1[C@H]2CC(CCCC(=O)N3CCOCC3)=C[C@H]2C[C@H]1O. The van der Waals surface area contributed by atoms with Gasteiger partial charge in [-0.05, 0) is 43.9 Å². The number of amides is 1. The number of allylic oxidation sites excluding steroid dienone is 2. The van der Waals surface area contributed by atoms with Crippen LogP contribution in [-0.2, 0) is 9.53 Å². The van der Waals surface area contributed by atoms with Gasteiger partial charge >= 0.3 is 0 Å². The Kier molecular flexibility index (Phi) is 8.76. The number of carbonyl (C=O) groups excluding carboxylic acids is 1. The van der Waals surface area contributed by atoms with Crippen LogP contribution in [0.1, 0.15) is 64.7 Å². The Morgan fingerprint density at radius 1 is 1.31 bits per heavy atom. The van der Waals surface area contributed by atoms with Crippen LogP contribution in [0.15, 0.2) is 23.8 Å². The molecule has 1 saturated carbocycles. The lowest BCUT2D eigenvalue weighted by Crippen LogP contribution is -2.40. The number of aliphatic hydroxyl groups is 2. The summed E-state index contributed by atoms with van der Waals surface area (Å²) in [6, 6.07) is 0. The molecule has 1 saturated heterocycles.